The lowest BCUT2D eigenvalue weighted by Crippen LogP contribution is -1.91. The van der Waals surface area contributed by atoms with E-state index in [1.54, 1.807) is 24.4 Å². The molecule has 0 bridgehead atoms. The highest BCUT2D eigenvalue weighted by Crippen LogP contribution is 2.40. The van der Waals surface area contributed by atoms with Crippen LogP contribution in [0.25, 0.3) is 22.6 Å². The monoisotopic (exact) mass is 305 g/mol. The molecule has 0 saturated heterocycles. The van der Waals surface area contributed by atoms with Crippen LogP contribution < -0.4 is 5.73 Å². The van der Waals surface area contributed by atoms with E-state index in [-0.39, 0.29) is 5.82 Å². The molecule has 3 rings (SSSR count). The van der Waals surface area contributed by atoms with Crippen molar-refractivity contribution in [3.05, 3.63) is 52.6 Å². The average molecular weight is 306 g/mol. The fourth-order valence-corrected chi connectivity index (χ4v) is 2.31. The van der Waals surface area contributed by atoms with Crippen molar-refractivity contribution in [1.29, 1.82) is 0 Å². The smallest absolute Gasteiger partial charge is 0.180 e. The lowest BCUT2D eigenvalue weighted by molar-refractivity contribution is 0.436. The lowest BCUT2D eigenvalue weighted by Gasteiger charge is -2.05. The zero-order valence-electron chi connectivity index (χ0n) is 10.2. The minimum Gasteiger partial charge on any atom is -0.380 e. The van der Waals surface area contributed by atoms with E-state index in [0.29, 0.717) is 32.6 Å². The van der Waals surface area contributed by atoms with Crippen LogP contribution in [0.1, 0.15) is 0 Å². The first kappa shape index (κ1) is 13.0. The fourth-order valence-electron chi connectivity index (χ4n) is 1.92. The van der Waals surface area contributed by atoms with Gasteiger partial charge in [-0.3, -0.25) is 4.98 Å². The normalized spacial score (nSPS) is 10.7. The quantitative estimate of drug-likeness (QED) is 0.767. The van der Waals surface area contributed by atoms with Crippen LogP contribution >= 0.6 is 23.2 Å². The molecule has 0 fully saturated rings. The largest absolute Gasteiger partial charge is 0.380 e. The van der Waals surface area contributed by atoms with Gasteiger partial charge in [-0.2, -0.15) is 0 Å². The van der Waals surface area contributed by atoms with Crippen LogP contribution in [0.4, 0.5) is 5.82 Å². The Balaban J connectivity index is 2.24. The molecule has 0 radical (unpaired) electrons. The van der Waals surface area contributed by atoms with Crippen LogP contribution in [0.2, 0.25) is 10.0 Å². The zero-order valence-corrected chi connectivity index (χ0v) is 11.7. The van der Waals surface area contributed by atoms with Gasteiger partial charge in [0.25, 0.3) is 0 Å². The molecule has 20 heavy (non-hydrogen) atoms. The van der Waals surface area contributed by atoms with Crippen molar-refractivity contribution in [1.82, 2.24) is 10.1 Å². The van der Waals surface area contributed by atoms with Gasteiger partial charge in [0, 0.05) is 11.8 Å². The summed E-state index contributed by atoms with van der Waals surface area (Å²) < 4.78 is 5.31. The maximum Gasteiger partial charge on any atom is 0.180 e. The van der Waals surface area contributed by atoms with Gasteiger partial charge in [-0.25, -0.2) is 0 Å². The number of benzene rings is 1. The SMILES string of the molecule is Nc1noc(-c2cccc(Cl)c2Cl)c1-c1ccccn1. The Morgan fingerprint density at radius 3 is 2.65 bits per heavy atom. The summed E-state index contributed by atoms with van der Waals surface area (Å²) in [6.45, 7) is 0. The third-order valence-electron chi connectivity index (χ3n) is 2.84. The molecule has 1 aromatic carbocycles. The minimum atomic E-state index is 0.259. The number of aromatic nitrogens is 2. The van der Waals surface area contributed by atoms with Crippen molar-refractivity contribution in [2.24, 2.45) is 0 Å². The van der Waals surface area contributed by atoms with Crippen LogP contribution in [0.3, 0.4) is 0 Å². The number of rotatable bonds is 2. The Morgan fingerprint density at radius 2 is 1.90 bits per heavy atom. The van der Waals surface area contributed by atoms with Crippen LogP contribution in [0.15, 0.2) is 47.1 Å². The van der Waals surface area contributed by atoms with E-state index in [4.69, 9.17) is 33.5 Å². The summed E-state index contributed by atoms with van der Waals surface area (Å²) in [4.78, 5) is 4.26. The number of pyridine rings is 1. The van der Waals surface area contributed by atoms with Gasteiger partial charge < -0.3 is 10.3 Å². The number of nitrogen functional groups attached to an aromatic ring is 1. The molecule has 100 valence electrons. The van der Waals surface area contributed by atoms with Gasteiger partial charge in [0.15, 0.2) is 11.6 Å². The van der Waals surface area contributed by atoms with Gasteiger partial charge in [-0.1, -0.05) is 40.5 Å². The molecule has 0 unspecified atom stereocenters. The molecule has 0 amide bonds. The van der Waals surface area contributed by atoms with Crippen molar-refractivity contribution in [2.45, 2.75) is 0 Å². The molecule has 2 N–H and O–H groups in total. The van der Waals surface area contributed by atoms with Crippen molar-refractivity contribution in [3.8, 4) is 22.6 Å². The summed E-state index contributed by atoms with van der Waals surface area (Å²) in [7, 11) is 0. The number of nitrogens with zero attached hydrogens (tertiary/aromatic N) is 2. The van der Waals surface area contributed by atoms with E-state index in [1.807, 2.05) is 18.2 Å². The lowest BCUT2D eigenvalue weighted by atomic mass is 10.1. The summed E-state index contributed by atoms with van der Waals surface area (Å²) in [5, 5.41) is 4.63. The molecule has 0 saturated carbocycles. The third kappa shape index (κ3) is 2.13. The molecule has 0 aliphatic carbocycles. The highest BCUT2D eigenvalue weighted by Gasteiger charge is 2.21. The Labute approximate surface area is 125 Å². The first-order chi connectivity index (χ1) is 9.68. The summed E-state index contributed by atoms with van der Waals surface area (Å²) in [5.41, 5.74) is 7.78. The van der Waals surface area contributed by atoms with Gasteiger partial charge in [0.05, 0.1) is 21.3 Å². The van der Waals surface area contributed by atoms with Crippen LogP contribution in [0, 0.1) is 0 Å². The number of hydrogen-bond donors (Lipinski definition) is 1. The second-order valence-corrected chi connectivity index (χ2v) is 4.87. The third-order valence-corrected chi connectivity index (χ3v) is 3.65. The Bertz CT molecular complexity index is 756. The highest BCUT2D eigenvalue weighted by atomic mass is 35.5. The first-order valence-electron chi connectivity index (χ1n) is 5.79. The average Bonchev–Trinajstić information content (AvgIpc) is 2.84. The van der Waals surface area contributed by atoms with E-state index in [0.717, 1.165) is 0 Å². The predicted molar refractivity (Wildman–Crippen MR) is 79.6 cm³/mol. The molecule has 0 spiro atoms. The van der Waals surface area contributed by atoms with Gasteiger partial charge in [0.1, 0.15) is 0 Å². The van der Waals surface area contributed by atoms with Gasteiger partial charge >= 0.3 is 0 Å². The molecule has 4 nitrogen and oxygen atoms in total. The molecule has 0 atom stereocenters. The van der Waals surface area contributed by atoms with Crippen LogP contribution in [-0.4, -0.2) is 10.1 Å². The maximum absolute atomic E-state index is 6.22. The Morgan fingerprint density at radius 1 is 1.05 bits per heavy atom. The first-order valence-corrected chi connectivity index (χ1v) is 6.55. The number of anilines is 1. The van der Waals surface area contributed by atoms with Crippen molar-refractivity contribution in [2.75, 3.05) is 5.73 Å². The van der Waals surface area contributed by atoms with Gasteiger partial charge in [-0.15, -0.1) is 0 Å². The summed E-state index contributed by atoms with van der Waals surface area (Å²) in [6.07, 6.45) is 1.67. The summed E-state index contributed by atoms with van der Waals surface area (Å²) >= 11 is 12.2. The predicted octanol–water partition coefficient (Wildman–Crippen LogP) is 4.29. The topological polar surface area (TPSA) is 64.9 Å². The van der Waals surface area contributed by atoms with Crippen molar-refractivity contribution in [3.63, 3.8) is 0 Å². The zero-order chi connectivity index (χ0) is 14.1. The summed E-state index contributed by atoms with van der Waals surface area (Å²) in [5.74, 6) is 0.712. The summed E-state index contributed by atoms with van der Waals surface area (Å²) in [6, 6.07) is 10.8. The number of nitrogens with two attached hydrogens (primary N) is 1. The van der Waals surface area contributed by atoms with E-state index < -0.39 is 0 Å². The maximum atomic E-state index is 6.22. The van der Waals surface area contributed by atoms with Crippen molar-refractivity contribution < 1.29 is 4.52 Å². The number of halogens is 2. The molecule has 2 aromatic heterocycles. The molecular weight excluding hydrogens is 297 g/mol. The second-order valence-electron chi connectivity index (χ2n) is 4.09. The molecule has 2 heterocycles. The van der Waals surface area contributed by atoms with E-state index in [9.17, 15) is 0 Å². The van der Waals surface area contributed by atoms with Crippen LogP contribution in [0.5, 0.6) is 0 Å². The molecule has 3 aromatic rings. The van der Waals surface area contributed by atoms with Crippen LogP contribution in [-0.2, 0) is 0 Å². The van der Waals surface area contributed by atoms with Gasteiger partial charge in [0.2, 0.25) is 0 Å². The second kappa shape index (κ2) is 5.15. The van der Waals surface area contributed by atoms with Crippen molar-refractivity contribution >= 4 is 29.0 Å². The fraction of sp³-hybridized carbons (Fsp3) is 0. The Kier molecular flexibility index (Phi) is 3.34. The van der Waals surface area contributed by atoms with E-state index >= 15 is 0 Å². The van der Waals surface area contributed by atoms with E-state index in [1.165, 1.54) is 0 Å². The molecule has 0 aliphatic heterocycles. The minimum absolute atomic E-state index is 0.259. The highest BCUT2D eigenvalue weighted by molar-refractivity contribution is 6.43. The van der Waals surface area contributed by atoms with E-state index in [2.05, 4.69) is 10.1 Å². The molecular formula is C14H9Cl2N3O. The number of hydrogen-bond acceptors (Lipinski definition) is 4. The van der Waals surface area contributed by atoms with Gasteiger partial charge in [-0.05, 0) is 24.3 Å². The molecule has 6 heteroatoms. The Hall–Kier alpha value is -2.04. The molecule has 0 aliphatic rings. The standard InChI is InChI=1S/C14H9Cl2N3O/c15-9-5-3-4-8(12(9)16)13-11(14(17)19-20-13)10-6-1-2-7-18-10/h1-7H,(H2,17,19).